The third-order valence-corrected chi connectivity index (χ3v) is 7.38. The molecule has 218 valence electrons. The maximum Gasteiger partial charge on any atom is 0.251 e. The largest absolute Gasteiger partial charge is 0.497 e. The van der Waals surface area contributed by atoms with Crippen LogP contribution < -0.4 is 15.0 Å². The Morgan fingerprint density at radius 2 is 1.60 bits per heavy atom. The molecule has 0 radical (unpaired) electrons. The van der Waals surface area contributed by atoms with Gasteiger partial charge in [0, 0.05) is 49.0 Å². The summed E-state index contributed by atoms with van der Waals surface area (Å²) in [5, 5.41) is 3.41. The highest BCUT2D eigenvalue weighted by molar-refractivity contribution is 7.99. The predicted octanol–water partition coefficient (Wildman–Crippen LogP) is 5.81. The molecule has 0 fully saturated rings. The molecule has 0 aliphatic carbocycles. The summed E-state index contributed by atoms with van der Waals surface area (Å²) in [4.78, 5) is 40.1. The van der Waals surface area contributed by atoms with Crippen molar-refractivity contribution in [2.45, 2.75) is 31.6 Å². The molecule has 0 bridgehead atoms. The molecule has 1 aromatic heterocycles. The van der Waals surface area contributed by atoms with Crippen LogP contribution in [0.1, 0.15) is 28.6 Å². The van der Waals surface area contributed by atoms with Crippen molar-refractivity contribution in [2.75, 3.05) is 37.2 Å². The zero-order valence-electron chi connectivity index (χ0n) is 24.3. The minimum absolute atomic E-state index is 0.0468. The van der Waals surface area contributed by atoms with E-state index < -0.39 is 17.8 Å². The van der Waals surface area contributed by atoms with Crippen molar-refractivity contribution < 1.29 is 18.7 Å². The van der Waals surface area contributed by atoms with Gasteiger partial charge in [0.25, 0.3) is 5.91 Å². The van der Waals surface area contributed by atoms with E-state index in [9.17, 15) is 14.0 Å². The Morgan fingerprint density at radius 3 is 2.19 bits per heavy atom. The Morgan fingerprint density at radius 1 is 0.952 bits per heavy atom. The maximum absolute atomic E-state index is 14.9. The normalized spacial score (nSPS) is 11.5. The van der Waals surface area contributed by atoms with E-state index in [1.54, 1.807) is 61.7 Å². The monoisotopic (exact) mass is 587 g/mol. The summed E-state index contributed by atoms with van der Waals surface area (Å²) in [7, 11) is 5.41. The van der Waals surface area contributed by atoms with Crippen molar-refractivity contribution in [3.8, 4) is 5.75 Å². The lowest BCUT2D eigenvalue weighted by atomic mass is 10.0. The number of carbonyl (C=O) groups excluding carboxylic acids is 2. The third kappa shape index (κ3) is 7.85. The molecule has 10 heteroatoms. The van der Waals surface area contributed by atoms with Crippen LogP contribution in [-0.4, -0.2) is 53.6 Å². The van der Waals surface area contributed by atoms with Crippen molar-refractivity contribution >= 4 is 35.0 Å². The fourth-order valence-electron chi connectivity index (χ4n) is 4.41. The van der Waals surface area contributed by atoms with Gasteiger partial charge in [0.1, 0.15) is 17.6 Å². The molecule has 3 aromatic carbocycles. The summed E-state index contributed by atoms with van der Waals surface area (Å²) in [5.41, 5.74) is 3.96. The first-order valence-corrected chi connectivity index (χ1v) is 14.3. The topological polar surface area (TPSA) is 87.7 Å². The lowest BCUT2D eigenvalue weighted by Crippen LogP contribution is -2.42. The molecule has 1 unspecified atom stereocenters. The zero-order valence-corrected chi connectivity index (χ0v) is 25.1. The van der Waals surface area contributed by atoms with Gasteiger partial charge in [-0.05, 0) is 67.9 Å². The van der Waals surface area contributed by atoms with Gasteiger partial charge in [-0.3, -0.25) is 9.59 Å². The van der Waals surface area contributed by atoms with Gasteiger partial charge in [-0.15, -0.1) is 0 Å². The Labute approximate surface area is 249 Å². The molecule has 1 heterocycles. The fraction of sp³-hybridized carbons (Fsp3) is 0.250. The summed E-state index contributed by atoms with van der Waals surface area (Å²) >= 11 is 1.18. The summed E-state index contributed by atoms with van der Waals surface area (Å²) in [5.74, 6) is -0.713. The second-order valence-corrected chi connectivity index (χ2v) is 10.9. The Bertz CT molecular complexity index is 1510. The maximum atomic E-state index is 14.9. The number of hydrogen-bond donors (Lipinski definition) is 1. The smallest absolute Gasteiger partial charge is 0.251 e. The first-order valence-electron chi connectivity index (χ1n) is 13.3. The van der Waals surface area contributed by atoms with Crippen LogP contribution in [0.5, 0.6) is 5.75 Å². The second kappa shape index (κ2) is 14.0. The van der Waals surface area contributed by atoms with Crippen molar-refractivity contribution in [1.29, 1.82) is 0 Å². The predicted molar refractivity (Wildman–Crippen MR) is 164 cm³/mol. The van der Waals surface area contributed by atoms with Crippen molar-refractivity contribution in [1.82, 2.24) is 14.9 Å². The average Bonchev–Trinajstić information content (AvgIpc) is 2.96. The highest BCUT2D eigenvalue weighted by atomic mass is 32.2. The van der Waals surface area contributed by atoms with E-state index in [-0.39, 0.29) is 18.2 Å². The van der Waals surface area contributed by atoms with Crippen molar-refractivity contribution in [2.24, 2.45) is 0 Å². The van der Waals surface area contributed by atoms with E-state index in [1.807, 2.05) is 51.0 Å². The molecule has 2 amide bonds. The summed E-state index contributed by atoms with van der Waals surface area (Å²) in [6, 6.07) is 21.3. The van der Waals surface area contributed by atoms with E-state index in [0.717, 1.165) is 17.1 Å². The minimum atomic E-state index is -1.07. The number of methoxy groups -OCH3 is 1. The average molecular weight is 588 g/mol. The molecule has 4 aromatic rings. The number of carbonyl (C=O) groups is 2. The number of aromatic nitrogens is 2. The SMILES string of the molecule is COc1ccc(C(C(=O)Nc2ccc(N(C)C)cc2)N(Cc2ccccc2F)C(=O)CSc2nc(C)cc(C)n2)cc1. The van der Waals surface area contributed by atoms with E-state index in [2.05, 4.69) is 15.3 Å². The number of benzene rings is 3. The first-order chi connectivity index (χ1) is 20.1. The molecule has 1 N–H and O–H groups in total. The lowest BCUT2D eigenvalue weighted by Gasteiger charge is -2.32. The number of hydrogen-bond acceptors (Lipinski definition) is 7. The summed E-state index contributed by atoms with van der Waals surface area (Å²) in [6.45, 7) is 3.60. The van der Waals surface area contributed by atoms with Crippen LogP contribution >= 0.6 is 11.8 Å². The number of rotatable bonds is 11. The Kier molecular flexibility index (Phi) is 10.1. The number of anilines is 2. The zero-order chi connectivity index (χ0) is 30.2. The summed E-state index contributed by atoms with van der Waals surface area (Å²) in [6.07, 6.45) is 0. The number of ether oxygens (including phenoxy) is 1. The van der Waals surface area contributed by atoms with E-state index >= 15 is 0 Å². The highest BCUT2D eigenvalue weighted by Gasteiger charge is 2.32. The van der Waals surface area contributed by atoms with Crippen LogP contribution in [0.25, 0.3) is 0 Å². The minimum Gasteiger partial charge on any atom is -0.497 e. The van der Waals surface area contributed by atoms with Gasteiger partial charge in [0.05, 0.1) is 12.9 Å². The van der Waals surface area contributed by atoms with Crippen LogP contribution in [0.15, 0.2) is 84.0 Å². The third-order valence-electron chi connectivity index (χ3n) is 6.55. The van der Waals surface area contributed by atoms with Crippen LogP contribution in [0, 0.1) is 19.7 Å². The molecule has 0 spiro atoms. The van der Waals surface area contributed by atoms with Crippen molar-refractivity contribution in [3.63, 3.8) is 0 Å². The molecule has 4 rings (SSSR count). The van der Waals surface area contributed by atoms with Gasteiger partial charge in [-0.2, -0.15) is 0 Å². The van der Waals surface area contributed by atoms with Crippen LogP contribution in [0.4, 0.5) is 15.8 Å². The fourth-order valence-corrected chi connectivity index (χ4v) is 5.25. The van der Waals surface area contributed by atoms with Gasteiger partial charge < -0.3 is 19.9 Å². The first kappa shape index (κ1) is 30.5. The van der Waals surface area contributed by atoms with Gasteiger partial charge in [-0.1, -0.05) is 42.1 Å². The van der Waals surface area contributed by atoms with Gasteiger partial charge in [0.15, 0.2) is 5.16 Å². The molecule has 1 atom stereocenters. The molecule has 0 saturated heterocycles. The number of halogens is 1. The Hall–Kier alpha value is -4.44. The van der Waals surface area contributed by atoms with E-state index in [1.165, 1.54) is 22.7 Å². The Balaban J connectivity index is 1.71. The molecule has 8 nitrogen and oxygen atoms in total. The number of amides is 2. The van der Waals surface area contributed by atoms with Gasteiger partial charge >= 0.3 is 0 Å². The number of nitrogens with zero attached hydrogens (tertiary/aromatic N) is 4. The van der Waals surface area contributed by atoms with Crippen LogP contribution in [0.2, 0.25) is 0 Å². The number of nitrogens with one attached hydrogen (secondary N) is 1. The molecule has 42 heavy (non-hydrogen) atoms. The van der Waals surface area contributed by atoms with Crippen molar-refractivity contribution in [3.05, 3.63) is 107 Å². The quantitative estimate of drug-likeness (QED) is 0.175. The van der Waals surface area contributed by atoms with Crippen LogP contribution in [0.3, 0.4) is 0 Å². The van der Waals surface area contributed by atoms with E-state index in [4.69, 9.17) is 4.74 Å². The lowest BCUT2D eigenvalue weighted by molar-refractivity contribution is -0.137. The molecule has 0 aliphatic rings. The number of aryl methyl sites for hydroxylation is 2. The molecular weight excluding hydrogens is 553 g/mol. The second-order valence-electron chi connectivity index (χ2n) is 9.94. The standard InChI is InChI=1S/C32H34FN5O3S/c1-21-18-22(2)35-32(34-21)42-20-29(39)38(19-24-8-6-7-9-28(24)33)30(23-10-16-27(41-5)17-11-23)31(40)36-25-12-14-26(15-13-25)37(3)4/h6-18,30H,19-20H2,1-5H3,(H,36,40). The molecule has 0 aliphatic heterocycles. The van der Waals surface area contributed by atoms with Gasteiger partial charge in [-0.25, -0.2) is 14.4 Å². The van der Waals surface area contributed by atoms with Gasteiger partial charge in [0.2, 0.25) is 5.91 Å². The molecule has 0 saturated carbocycles. The molecular formula is C32H34FN5O3S. The summed E-state index contributed by atoms with van der Waals surface area (Å²) < 4.78 is 20.2. The highest BCUT2D eigenvalue weighted by Crippen LogP contribution is 2.29. The van der Waals surface area contributed by atoms with Crippen LogP contribution in [-0.2, 0) is 16.1 Å². The number of thioether (sulfide) groups is 1. The van der Waals surface area contributed by atoms with E-state index in [0.29, 0.717) is 27.7 Å².